The molecule has 1 atom stereocenters. The summed E-state index contributed by atoms with van der Waals surface area (Å²) in [5.41, 5.74) is -0.167. The lowest BCUT2D eigenvalue weighted by atomic mass is 10.2. The summed E-state index contributed by atoms with van der Waals surface area (Å²) in [5.74, 6) is -1.27. The molecule has 1 aromatic rings. The molecule has 1 aromatic carbocycles. The first-order chi connectivity index (χ1) is 7.45. The first kappa shape index (κ1) is 12.6. The van der Waals surface area contributed by atoms with E-state index < -0.39 is 12.1 Å². The normalized spacial score (nSPS) is 11.6. The van der Waals surface area contributed by atoms with Gasteiger partial charge >= 0.3 is 5.97 Å². The zero-order valence-electron chi connectivity index (χ0n) is 8.20. The van der Waals surface area contributed by atoms with Crippen molar-refractivity contribution in [3.8, 4) is 11.8 Å². The first-order valence-corrected chi connectivity index (χ1v) is 5.00. The van der Waals surface area contributed by atoms with Gasteiger partial charge in [-0.15, -0.1) is 0 Å². The average molecular weight is 260 g/mol. The van der Waals surface area contributed by atoms with E-state index in [-0.39, 0.29) is 21.4 Å². The van der Waals surface area contributed by atoms with E-state index in [1.807, 2.05) is 6.07 Å². The Morgan fingerprint density at radius 3 is 2.69 bits per heavy atom. The minimum atomic E-state index is -1.22. The van der Waals surface area contributed by atoms with Gasteiger partial charge in [-0.3, -0.25) is 0 Å². The summed E-state index contributed by atoms with van der Waals surface area (Å²) < 4.78 is 5.11. The van der Waals surface area contributed by atoms with E-state index in [4.69, 9.17) is 38.3 Å². The summed E-state index contributed by atoms with van der Waals surface area (Å²) in [6.07, 6.45) is -0.795. The number of ether oxygens (including phenoxy) is 1. The van der Waals surface area contributed by atoms with Gasteiger partial charge in [0.15, 0.2) is 11.9 Å². The van der Waals surface area contributed by atoms with Gasteiger partial charge in [0, 0.05) is 5.02 Å². The van der Waals surface area contributed by atoms with Crippen molar-refractivity contribution in [2.24, 2.45) is 0 Å². The largest absolute Gasteiger partial charge is 0.478 e. The molecule has 0 radical (unpaired) electrons. The van der Waals surface area contributed by atoms with Crippen molar-refractivity contribution in [1.82, 2.24) is 0 Å². The number of hydrogen-bond acceptors (Lipinski definition) is 3. The quantitative estimate of drug-likeness (QED) is 0.906. The third kappa shape index (κ3) is 2.78. The summed E-state index contributed by atoms with van der Waals surface area (Å²) in [6.45, 7) is 1.48. The highest BCUT2D eigenvalue weighted by Crippen LogP contribution is 2.33. The molecule has 6 heteroatoms. The number of rotatable bonds is 3. The Kier molecular flexibility index (Phi) is 3.99. The third-order valence-electron chi connectivity index (χ3n) is 1.72. The number of nitriles is 1. The molecule has 1 rings (SSSR count). The van der Waals surface area contributed by atoms with E-state index in [1.165, 1.54) is 19.1 Å². The minimum Gasteiger partial charge on any atom is -0.478 e. The zero-order valence-corrected chi connectivity index (χ0v) is 9.71. The van der Waals surface area contributed by atoms with E-state index >= 15 is 0 Å². The maximum absolute atomic E-state index is 10.9. The van der Waals surface area contributed by atoms with Crippen LogP contribution in [0.4, 0.5) is 0 Å². The van der Waals surface area contributed by atoms with Gasteiger partial charge in [-0.05, 0) is 19.1 Å². The topological polar surface area (TPSA) is 70.3 Å². The van der Waals surface area contributed by atoms with Gasteiger partial charge in [0.1, 0.15) is 11.6 Å². The number of nitrogens with zero attached hydrogens (tertiary/aromatic N) is 1. The van der Waals surface area contributed by atoms with Crippen LogP contribution in [0.2, 0.25) is 10.0 Å². The van der Waals surface area contributed by atoms with Crippen molar-refractivity contribution in [2.45, 2.75) is 13.0 Å². The number of halogens is 2. The second kappa shape index (κ2) is 5.06. The molecule has 0 aliphatic rings. The zero-order chi connectivity index (χ0) is 12.3. The molecule has 0 fully saturated rings. The number of carbonyl (C=O) groups is 1. The summed E-state index contributed by atoms with van der Waals surface area (Å²) in [4.78, 5) is 10.9. The second-order valence-electron chi connectivity index (χ2n) is 2.96. The van der Waals surface area contributed by atoms with Crippen LogP contribution < -0.4 is 4.74 Å². The lowest BCUT2D eigenvalue weighted by Crippen LogP contribution is -2.12. The Balaban J connectivity index is 3.25. The van der Waals surface area contributed by atoms with Gasteiger partial charge in [0.25, 0.3) is 0 Å². The lowest BCUT2D eigenvalue weighted by Gasteiger charge is -2.12. The lowest BCUT2D eigenvalue weighted by molar-refractivity contribution is 0.0691. The SMILES string of the molecule is CC(C#N)Oc1c(Cl)cc(Cl)cc1C(=O)O. The van der Waals surface area contributed by atoms with Crippen molar-refractivity contribution in [2.75, 3.05) is 0 Å². The average Bonchev–Trinajstić information content (AvgIpc) is 2.20. The van der Waals surface area contributed by atoms with Crippen LogP contribution in [-0.2, 0) is 0 Å². The van der Waals surface area contributed by atoms with Gasteiger partial charge in [0.2, 0.25) is 0 Å². The Labute approximate surface area is 102 Å². The number of benzene rings is 1. The molecule has 0 spiro atoms. The van der Waals surface area contributed by atoms with E-state index in [0.29, 0.717) is 0 Å². The molecule has 0 amide bonds. The van der Waals surface area contributed by atoms with Crippen LogP contribution in [0.15, 0.2) is 12.1 Å². The third-order valence-corrected chi connectivity index (χ3v) is 2.21. The summed E-state index contributed by atoms with van der Waals surface area (Å²) in [7, 11) is 0. The second-order valence-corrected chi connectivity index (χ2v) is 3.80. The first-order valence-electron chi connectivity index (χ1n) is 4.24. The van der Waals surface area contributed by atoms with Crippen molar-refractivity contribution < 1.29 is 14.6 Å². The molecular formula is C10H7Cl2NO3. The molecule has 0 saturated heterocycles. The molecule has 0 saturated carbocycles. The Morgan fingerprint density at radius 2 is 2.19 bits per heavy atom. The molecule has 16 heavy (non-hydrogen) atoms. The van der Waals surface area contributed by atoms with Gasteiger partial charge in [-0.25, -0.2) is 4.79 Å². The smallest absolute Gasteiger partial charge is 0.339 e. The minimum absolute atomic E-state index is 0.0485. The Bertz CT molecular complexity index is 468. The summed E-state index contributed by atoms with van der Waals surface area (Å²) in [5, 5.41) is 17.8. The predicted molar refractivity (Wildman–Crippen MR) is 59.1 cm³/mol. The highest BCUT2D eigenvalue weighted by molar-refractivity contribution is 6.36. The Morgan fingerprint density at radius 1 is 1.56 bits per heavy atom. The molecule has 84 valence electrons. The number of aromatic carboxylic acids is 1. The van der Waals surface area contributed by atoms with Crippen LogP contribution in [0.5, 0.6) is 5.75 Å². The Hall–Kier alpha value is -1.44. The fourth-order valence-corrected chi connectivity index (χ4v) is 1.58. The predicted octanol–water partition coefficient (Wildman–Crippen LogP) is 2.98. The molecule has 0 aliphatic heterocycles. The highest BCUT2D eigenvalue weighted by atomic mass is 35.5. The van der Waals surface area contributed by atoms with Gasteiger partial charge in [0.05, 0.1) is 5.02 Å². The van der Waals surface area contributed by atoms with Gasteiger partial charge < -0.3 is 9.84 Å². The van der Waals surface area contributed by atoms with Crippen molar-refractivity contribution in [1.29, 1.82) is 5.26 Å². The van der Waals surface area contributed by atoms with Crippen LogP contribution in [0.1, 0.15) is 17.3 Å². The van der Waals surface area contributed by atoms with Crippen LogP contribution in [0.25, 0.3) is 0 Å². The molecular weight excluding hydrogens is 253 g/mol. The van der Waals surface area contributed by atoms with E-state index in [0.717, 1.165) is 0 Å². The fraction of sp³-hybridized carbons (Fsp3) is 0.200. The number of hydrogen-bond donors (Lipinski definition) is 1. The van der Waals surface area contributed by atoms with Crippen LogP contribution >= 0.6 is 23.2 Å². The van der Waals surface area contributed by atoms with Crippen molar-refractivity contribution in [3.05, 3.63) is 27.7 Å². The number of carboxylic acid groups (broad SMARTS) is 1. The highest BCUT2D eigenvalue weighted by Gasteiger charge is 2.18. The maximum atomic E-state index is 10.9. The van der Waals surface area contributed by atoms with E-state index in [9.17, 15) is 4.79 Å². The summed E-state index contributed by atoms with van der Waals surface area (Å²) >= 11 is 11.5. The molecule has 1 unspecified atom stereocenters. The van der Waals surface area contributed by atoms with Crippen LogP contribution in [-0.4, -0.2) is 17.2 Å². The van der Waals surface area contributed by atoms with Gasteiger partial charge in [-0.1, -0.05) is 23.2 Å². The maximum Gasteiger partial charge on any atom is 0.339 e. The van der Waals surface area contributed by atoms with Crippen molar-refractivity contribution >= 4 is 29.2 Å². The van der Waals surface area contributed by atoms with Crippen LogP contribution in [0.3, 0.4) is 0 Å². The van der Waals surface area contributed by atoms with E-state index in [1.54, 1.807) is 0 Å². The standard InChI is InChI=1S/C10H7Cl2NO3/c1-5(4-13)16-9-7(10(14)15)2-6(11)3-8(9)12/h2-3,5H,1H3,(H,14,15). The molecule has 0 heterocycles. The number of carboxylic acids is 1. The molecule has 0 aliphatic carbocycles. The fourth-order valence-electron chi connectivity index (χ4n) is 1.04. The van der Waals surface area contributed by atoms with Gasteiger partial charge in [-0.2, -0.15) is 5.26 Å². The molecule has 4 nitrogen and oxygen atoms in total. The molecule has 0 bridgehead atoms. The monoisotopic (exact) mass is 259 g/mol. The molecule has 0 aromatic heterocycles. The van der Waals surface area contributed by atoms with E-state index in [2.05, 4.69) is 0 Å². The van der Waals surface area contributed by atoms with Crippen molar-refractivity contribution in [3.63, 3.8) is 0 Å². The summed E-state index contributed by atoms with van der Waals surface area (Å²) in [6, 6.07) is 4.39. The van der Waals surface area contributed by atoms with Crippen LogP contribution in [0, 0.1) is 11.3 Å². The molecule has 1 N–H and O–H groups in total.